The van der Waals surface area contributed by atoms with Gasteiger partial charge in [-0.05, 0) is 12.8 Å². The molecule has 0 spiro atoms. The summed E-state index contributed by atoms with van der Waals surface area (Å²) in [6.45, 7) is 0. The first-order chi connectivity index (χ1) is 4.54. The number of aliphatic hydroxyl groups is 1. The van der Waals surface area contributed by atoms with Crippen molar-refractivity contribution in [1.82, 2.24) is 0 Å². The SMILES string of the molecule is N[C@H]1[C@@H](O)CCCC1(F)F. The third kappa shape index (κ3) is 1.27. The maximum atomic E-state index is 12.6. The average Bonchev–Trinajstić information content (AvgIpc) is 1.83. The van der Waals surface area contributed by atoms with Gasteiger partial charge >= 0.3 is 0 Å². The highest BCUT2D eigenvalue weighted by Crippen LogP contribution is 2.32. The Morgan fingerprint density at radius 1 is 1.50 bits per heavy atom. The third-order valence-electron chi connectivity index (χ3n) is 1.91. The molecule has 0 unspecified atom stereocenters. The molecule has 0 heterocycles. The van der Waals surface area contributed by atoms with Gasteiger partial charge in [-0.25, -0.2) is 8.78 Å². The fraction of sp³-hybridized carbons (Fsp3) is 1.00. The van der Waals surface area contributed by atoms with Crippen LogP contribution in [-0.4, -0.2) is 23.2 Å². The van der Waals surface area contributed by atoms with Crippen molar-refractivity contribution in [3.8, 4) is 0 Å². The lowest BCUT2D eigenvalue weighted by Gasteiger charge is -2.32. The minimum atomic E-state index is -2.86. The molecule has 1 aliphatic rings. The maximum absolute atomic E-state index is 12.6. The van der Waals surface area contributed by atoms with Gasteiger partial charge < -0.3 is 10.8 Å². The number of aliphatic hydroxyl groups excluding tert-OH is 1. The van der Waals surface area contributed by atoms with Crippen molar-refractivity contribution in [2.45, 2.75) is 37.3 Å². The molecule has 1 fully saturated rings. The smallest absolute Gasteiger partial charge is 0.265 e. The van der Waals surface area contributed by atoms with E-state index in [1.165, 1.54) is 0 Å². The van der Waals surface area contributed by atoms with E-state index in [0.717, 1.165) is 0 Å². The van der Waals surface area contributed by atoms with E-state index in [2.05, 4.69) is 0 Å². The second kappa shape index (κ2) is 2.43. The van der Waals surface area contributed by atoms with Crippen molar-refractivity contribution < 1.29 is 13.9 Å². The maximum Gasteiger partial charge on any atom is 0.265 e. The molecule has 0 radical (unpaired) electrons. The number of hydrogen-bond acceptors (Lipinski definition) is 2. The lowest BCUT2D eigenvalue weighted by atomic mass is 9.90. The molecule has 1 aliphatic carbocycles. The predicted molar refractivity (Wildman–Crippen MR) is 32.8 cm³/mol. The molecule has 1 saturated carbocycles. The average molecular weight is 151 g/mol. The second-order valence-electron chi connectivity index (χ2n) is 2.75. The van der Waals surface area contributed by atoms with Gasteiger partial charge in [0.25, 0.3) is 5.92 Å². The highest BCUT2D eigenvalue weighted by Gasteiger charge is 2.43. The van der Waals surface area contributed by atoms with E-state index >= 15 is 0 Å². The summed E-state index contributed by atoms with van der Waals surface area (Å²) in [5.74, 6) is -2.86. The van der Waals surface area contributed by atoms with Gasteiger partial charge in [0.15, 0.2) is 0 Å². The molecule has 4 heteroatoms. The summed E-state index contributed by atoms with van der Waals surface area (Å²) in [6.07, 6.45) is -0.451. The quantitative estimate of drug-likeness (QED) is 0.529. The first kappa shape index (κ1) is 7.88. The molecular formula is C6H11F2NO. The zero-order valence-corrected chi connectivity index (χ0v) is 5.56. The molecular weight excluding hydrogens is 140 g/mol. The Balaban J connectivity index is 2.60. The lowest BCUT2D eigenvalue weighted by Crippen LogP contribution is -2.52. The van der Waals surface area contributed by atoms with E-state index in [9.17, 15) is 8.78 Å². The van der Waals surface area contributed by atoms with Crippen LogP contribution in [0.3, 0.4) is 0 Å². The summed E-state index contributed by atoms with van der Waals surface area (Å²) in [6, 6.07) is -1.36. The van der Waals surface area contributed by atoms with Gasteiger partial charge in [-0.1, -0.05) is 0 Å². The largest absolute Gasteiger partial charge is 0.391 e. The van der Waals surface area contributed by atoms with E-state index in [1.54, 1.807) is 0 Å². The topological polar surface area (TPSA) is 46.2 Å². The zero-order valence-electron chi connectivity index (χ0n) is 5.56. The second-order valence-corrected chi connectivity index (χ2v) is 2.75. The molecule has 60 valence electrons. The van der Waals surface area contributed by atoms with Crippen LogP contribution in [0.25, 0.3) is 0 Å². The number of hydrogen-bond donors (Lipinski definition) is 2. The Labute approximate surface area is 58.0 Å². The minimum absolute atomic E-state index is 0.189. The van der Waals surface area contributed by atoms with Crippen molar-refractivity contribution in [3.05, 3.63) is 0 Å². The third-order valence-corrected chi connectivity index (χ3v) is 1.91. The van der Waals surface area contributed by atoms with Gasteiger partial charge in [-0.15, -0.1) is 0 Å². The van der Waals surface area contributed by atoms with Crippen molar-refractivity contribution in [2.24, 2.45) is 5.73 Å². The van der Waals surface area contributed by atoms with Crippen LogP contribution in [-0.2, 0) is 0 Å². The van der Waals surface area contributed by atoms with Gasteiger partial charge in [0, 0.05) is 6.42 Å². The molecule has 0 saturated heterocycles. The van der Waals surface area contributed by atoms with E-state index in [1.807, 2.05) is 0 Å². The summed E-state index contributed by atoms with van der Waals surface area (Å²) in [4.78, 5) is 0. The Bertz CT molecular complexity index is 129. The molecule has 2 atom stereocenters. The van der Waals surface area contributed by atoms with Gasteiger partial charge in [-0.3, -0.25) is 0 Å². The molecule has 2 nitrogen and oxygen atoms in total. The van der Waals surface area contributed by atoms with E-state index in [-0.39, 0.29) is 6.42 Å². The van der Waals surface area contributed by atoms with Crippen LogP contribution < -0.4 is 5.73 Å². The fourth-order valence-electron chi connectivity index (χ4n) is 1.17. The first-order valence-corrected chi connectivity index (χ1v) is 3.35. The highest BCUT2D eigenvalue weighted by molar-refractivity contribution is 4.90. The predicted octanol–water partition coefficient (Wildman–Crippen LogP) is 0.494. The standard InChI is InChI=1S/C6H11F2NO/c7-6(8)3-1-2-4(10)5(6)9/h4-5,10H,1-3,9H2/t4-,5-/m0/s1. The fourth-order valence-corrected chi connectivity index (χ4v) is 1.17. The van der Waals surface area contributed by atoms with Crippen LogP contribution in [0.4, 0.5) is 8.78 Å². The van der Waals surface area contributed by atoms with Crippen molar-refractivity contribution in [2.75, 3.05) is 0 Å². The van der Waals surface area contributed by atoms with Crippen LogP contribution >= 0.6 is 0 Å². The highest BCUT2D eigenvalue weighted by atomic mass is 19.3. The van der Waals surface area contributed by atoms with Gasteiger partial charge in [0.05, 0.1) is 12.1 Å². The summed E-state index contributed by atoms with van der Waals surface area (Å²) in [5, 5.41) is 8.91. The monoisotopic (exact) mass is 151 g/mol. The van der Waals surface area contributed by atoms with Crippen LogP contribution in [0, 0.1) is 0 Å². The number of nitrogens with two attached hydrogens (primary N) is 1. The van der Waals surface area contributed by atoms with Gasteiger partial charge in [0.1, 0.15) is 0 Å². The van der Waals surface area contributed by atoms with E-state index < -0.39 is 18.1 Å². The Morgan fingerprint density at radius 3 is 2.50 bits per heavy atom. The summed E-state index contributed by atoms with van der Waals surface area (Å²) < 4.78 is 25.1. The summed E-state index contributed by atoms with van der Waals surface area (Å²) in [7, 11) is 0. The van der Waals surface area contributed by atoms with Crippen LogP contribution in [0.1, 0.15) is 19.3 Å². The number of rotatable bonds is 0. The minimum Gasteiger partial charge on any atom is -0.391 e. The van der Waals surface area contributed by atoms with Gasteiger partial charge in [0.2, 0.25) is 0 Å². The number of alkyl halides is 2. The summed E-state index contributed by atoms with van der Waals surface area (Å²) in [5.41, 5.74) is 5.06. The Hall–Kier alpha value is -0.220. The van der Waals surface area contributed by atoms with Crippen molar-refractivity contribution >= 4 is 0 Å². The van der Waals surface area contributed by atoms with Crippen LogP contribution in [0.2, 0.25) is 0 Å². The molecule has 0 aromatic carbocycles. The molecule has 1 rings (SSSR count). The first-order valence-electron chi connectivity index (χ1n) is 3.35. The molecule has 0 aliphatic heterocycles. The normalized spacial score (nSPS) is 39.6. The zero-order chi connectivity index (χ0) is 7.78. The molecule has 3 N–H and O–H groups in total. The molecule has 0 aromatic rings. The lowest BCUT2D eigenvalue weighted by molar-refractivity contribution is -0.0953. The molecule has 0 amide bonds. The Morgan fingerprint density at radius 2 is 2.10 bits per heavy atom. The molecule has 0 bridgehead atoms. The van der Waals surface area contributed by atoms with E-state index in [4.69, 9.17) is 10.8 Å². The molecule has 0 aromatic heterocycles. The van der Waals surface area contributed by atoms with E-state index in [0.29, 0.717) is 12.8 Å². The Kier molecular flexibility index (Phi) is 1.92. The summed E-state index contributed by atoms with van der Waals surface area (Å²) >= 11 is 0. The molecule has 10 heavy (non-hydrogen) atoms. The van der Waals surface area contributed by atoms with Crippen LogP contribution in [0.5, 0.6) is 0 Å². The van der Waals surface area contributed by atoms with Crippen molar-refractivity contribution in [3.63, 3.8) is 0 Å². The van der Waals surface area contributed by atoms with Crippen molar-refractivity contribution in [1.29, 1.82) is 0 Å². The van der Waals surface area contributed by atoms with Crippen LogP contribution in [0.15, 0.2) is 0 Å². The van der Waals surface area contributed by atoms with Gasteiger partial charge in [-0.2, -0.15) is 0 Å². The number of halogens is 2.